The quantitative estimate of drug-likeness (QED) is 0.833. The summed E-state index contributed by atoms with van der Waals surface area (Å²) in [7, 11) is 0. The largest absolute Gasteiger partial charge is 0.337 e. The summed E-state index contributed by atoms with van der Waals surface area (Å²) in [5.41, 5.74) is 2.67. The molecule has 1 atom stereocenters. The number of rotatable bonds is 4. The summed E-state index contributed by atoms with van der Waals surface area (Å²) in [6.45, 7) is 7.41. The van der Waals surface area contributed by atoms with Gasteiger partial charge in [0.1, 0.15) is 0 Å². The fraction of sp³-hybridized carbons (Fsp3) is 0.636. The topological polar surface area (TPSA) is 90.8 Å². The van der Waals surface area contributed by atoms with Gasteiger partial charge in [0.2, 0.25) is 11.8 Å². The van der Waals surface area contributed by atoms with Crippen molar-refractivity contribution in [1.29, 1.82) is 0 Å². The first kappa shape index (κ1) is 20.6. The SMILES string of the molecule is CCCC(=O)N1CCCC[C@@H]1c1cc2nc3c(c(=O)n2[nH]1)CN(C(=O)C(C)C)CC3. The maximum atomic E-state index is 13.2. The Bertz CT molecular complexity index is 1020. The molecule has 4 rings (SSSR count). The number of aromatic nitrogens is 3. The number of piperidine rings is 1. The molecule has 0 bridgehead atoms. The first-order valence-electron chi connectivity index (χ1n) is 11.1. The molecule has 2 aromatic rings. The number of nitrogens with zero attached hydrogens (tertiary/aromatic N) is 4. The van der Waals surface area contributed by atoms with Crippen LogP contribution in [-0.2, 0) is 22.6 Å². The van der Waals surface area contributed by atoms with Gasteiger partial charge in [0.05, 0.1) is 29.5 Å². The standard InChI is InChI=1S/C22H31N5O3/c1-4-7-20(28)26-10-6-5-8-18(26)17-12-19-23-16-9-11-25(21(29)14(2)3)13-15(16)22(30)27(19)24-17/h12,14,18,24H,4-11,13H2,1-3H3/t18-/m1/s1. The van der Waals surface area contributed by atoms with Gasteiger partial charge in [0.15, 0.2) is 5.65 Å². The van der Waals surface area contributed by atoms with E-state index in [0.29, 0.717) is 37.1 Å². The molecule has 1 fully saturated rings. The number of aromatic amines is 1. The average Bonchev–Trinajstić information content (AvgIpc) is 3.17. The molecule has 162 valence electrons. The van der Waals surface area contributed by atoms with Gasteiger partial charge in [0, 0.05) is 37.9 Å². The van der Waals surface area contributed by atoms with Crippen LogP contribution in [0.5, 0.6) is 0 Å². The number of hydrogen-bond acceptors (Lipinski definition) is 4. The van der Waals surface area contributed by atoms with Gasteiger partial charge in [-0.2, -0.15) is 0 Å². The molecule has 0 aliphatic carbocycles. The summed E-state index contributed by atoms with van der Waals surface area (Å²) in [4.78, 5) is 46.6. The summed E-state index contributed by atoms with van der Waals surface area (Å²) < 4.78 is 1.48. The van der Waals surface area contributed by atoms with Crippen molar-refractivity contribution in [3.8, 4) is 0 Å². The lowest BCUT2D eigenvalue weighted by Gasteiger charge is -2.35. The molecular formula is C22H31N5O3. The Morgan fingerprint density at radius 3 is 2.80 bits per heavy atom. The normalized spacial score (nSPS) is 19.4. The number of fused-ring (bicyclic) bond motifs is 2. The number of carbonyl (C=O) groups is 2. The van der Waals surface area contributed by atoms with E-state index < -0.39 is 0 Å². The van der Waals surface area contributed by atoms with Crippen LogP contribution in [0.1, 0.15) is 75.9 Å². The molecule has 30 heavy (non-hydrogen) atoms. The van der Waals surface area contributed by atoms with Gasteiger partial charge in [-0.15, -0.1) is 0 Å². The lowest BCUT2D eigenvalue weighted by molar-refractivity contribution is -0.136. The molecule has 4 heterocycles. The van der Waals surface area contributed by atoms with Gasteiger partial charge in [-0.1, -0.05) is 20.8 Å². The Hall–Kier alpha value is -2.64. The zero-order chi connectivity index (χ0) is 21.4. The van der Waals surface area contributed by atoms with Crippen molar-refractivity contribution in [2.45, 2.75) is 71.9 Å². The van der Waals surface area contributed by atoms with Gasteiger partial charge in [0.25, 0.3) is 5.56 Å². The number of H-pyrrole nitrogens is 1. The van der Waals surface area contributed by atoms with Crippen molar-refractivity contribution >= 4 is 17.5 Å². The molecule has 1 saturated heterocycles. The van der Waals surface area contributed by atoms with E-state index in [1.165, 1.54) is 4.52 Å². The van der Waals surface area contributed by atoms with Crippen molar-refractivity contribution in [2.24, 2.45) is 5.92 Å². The van der Waals surface area contributed by atoms with E-state index in [9.17, 15) is 14.4 Å². The predicted molar refractivity (Wildman–Crippen MR) is 113 cm³/mol. The molecule has 2 aliphatic rings. The highest BCUT2D eigenvalue weighted by atomic mass is 16.2. The third-order valence-electron chi connectivity index (χ3n) is 6.23. The Morgan fingerprint density at radius 1 is 1.27 bits per heavy atom. The molecule has 2 aromatic heterocycles. The second kappa shape index (κ2) is 8.24. The monoisotopic (exact) mass is 413 g/mol. The number of carbonyl (C=O) groups excluding carboxylic acids is 2. The summed E-state index contributed by atoms with van der Waals surface area (Å²) in [6.07, 6.45) is 4.91. The highest BCUT2D eigenvalue weighted by molar-refractivity contribution is 5.78. The van der Waals surface area contributed by atoms with E-state index in [1.54, 1.807) is 4.90 Å². The maximum Gasteiger partial charge on any atom is 0.277 e. The zero-order valence-electron chi connectivity index (χ0n) is 18.1. The van der Waals surface area contributed by atoms with Crippen molar-refractivity contribution < 1.29 is 9.59 Å². The average molecular weight is 414 g/mol. The molecule has 1 N–H and O–H groups in total. The summed E-state index contributed by atoms with van der Waals surface area (Å²) in [6, 6.07) is 1.87. The number of nitrogens with one attached hydrogen (secondary N) is 1. The van der Waals surface area contributed by atoms with Crippen LogP contribution in [0.3, 0.4) is 0 Å². The van der Waals surface area contributed by atoms with Crippen LogP contribution in [0.25, 0.3) is 5.65 Å². The fourth-order valence-electron chi connectivity index (χ4n) is 4.63. The minimum Gasteiger partial charge on any atom is -0.337 e. The van der Waals surface area contributed by atoms with Crippen LogP contribution in [0.2, 0.25) is 0 Å². The van der Waals surface area contributed by atoms with E-state index >= 15 is 0 Å². The van der Waals surface area contributed by atoms with Gasteiger partial charge in [-0.25, -0.2) is 9.50 Å². The molecule has 8 nitrogen and oxygen atoms in total. The second-order valence-electron chi connectivity index (χ2n) is 8.76. The van der Waals surface area contributed by atoms with E-state index in [2.05, 4.69) is 5.10 Å². The summed E-state index contributed by atoms with van der Waals surface area (Å²) >= 11 is 0. The first-order valence-corrected chi connectivity index (χ1v) is 11.1. The van der Waals surface area contributed by atoms with E-state index in [1.807, 2.05) is 31.7 Å². The molecule has 0 aromatic carbocycles. The molecule has 0 spiro atoms. The number of hydrogen-bond donors (Lipinski definition) is 1. The molecule has 2 amide bonds. The molecule has 0 saturated carbocycles. The van der Waals surface area contributed by atoms with E-state index in [0.717, 1.165) is 43.6 Å². The minimum atomic E-state index is -0.148. The Labute approximate surface area is 176 Å². The Balaban J connectivity index is 1.68. The first-order chi connectivity index (χ1) is 14.4. The lowest BCUT2D eigenvalue weighted by Crippen LogP contribution is -2.42. The second-order valence-corrected chi connectivity index (χ2v) is 8.76. The predicted octanol–water partition coefficient (Wildman–Crippen LogP) is 2.42. The molecule has 8 heteroatoms. The lowest BCUT2D eigenvalue weighted by atomic mass is 9.98. The Morgan fingerprint density at radius 2 is 2.07 bits per heavy atom. The third kappa shape index (κ3) is 3.63. The van der Waals surface area contributed by atoms with E-state index in [4.69, 9.17) is 4.98 Å². The van der Waals surface area contributed by atoms with Crippen LogP contribution >= 0.6 is 0 Å². The Kier molecular flexibility index (Phi) is 5.66. The van der Waals surface area contributed by atoms with Gasteiger partial charge in [-0.05, 0) is 25.7 Å². The smallest absolute Gasteiger partial charge is 0.277 e. The van der Waals surface area contributed by atoms with E-state index in [-0.39, 0.29) is 29.3 Å². The highest BCUT2D eigenvalue weighted by Gasteiger charge is 2.30. The number of likely N-dealkylation sites (tertiary alicyclic amines) is 1. The third-order valence-corrected chi connectivity index (χ3v) is 6.23. The maximum absolute atomic E-state index is 13.2. The molecule has 0 unspecified atom stereocenters. The van der Waals surface area contributed by atoms with Crippen molar-refractivity contribution in [2.75, 3.05) is 13.1 Å². The van der Waals surface area contributed by atoms with Crippen LogP contribution < -0.4 is 5.56 Å². The van der Waals surface area contributed by atoms with Gasteiger partial charge < -0.3 is 9.80 Å². The molecule has 0 radical (unpaired) electrons. The van der Waals surface area contributed by atoms with Crippen LogP contribution in [0.4, 0.5) is 0 Å². The summed E-state index contributed by atoms with van der Waals surface area (Å²) in [5.74, 6) is 0.133. The fourth-order valence-corrected chi connectivity index (χ4v) is 4.63. The van der Waals surface area contributed by atoms with Crippen LogP contribution in [0, 0.1) is 5.92 Å². The minimum absolute atomic E-state index is 0.0463. The van der Waals surface area contributed by atoms with Crippen molar-refractivity contribution in [1.82, 2.24) is 24.4 Å². The highest BCUT2D eigenvalue weighted by Crippen LogP contribution is 2.31. The number of amides is 2. The van der Waals surface area contributed by atoms with Crippen molar-refractivity contribution in [3.63, 3.8) is 0 Å². The molecular weight excluding hydrogens is 382 g/mol. The zero-order valence-corrected chi connectivity index (χ0v) is 18.1. The van der Waals surface area contributed by atoms with Gasteiger partial charge in [-0.3, -0.25) is 19.5 Å². The molecule has 2 aliphatic heterocycles. The van der Waals surface area contributed by atoms with Crippen LogP contribution in [-0.4, -0.2) is 49.3 Å². The summed E-state index contributed by atoms with van der Waals surface area (Å²) in [5, 5.41) is 3.22. The van der Waals surface area contributed by atoms with Crippen LogP contribution in [0.15, 0.2) is 10.9 Å². The van der Waals surface area contributed by atoms with Crippen molar-refractivity contribution in [3.05, 3.63) is 33.4 Å². The van der Waals surface area contributed by atoms with Gasteiger partial charge >= 0.3 is 0 Å².